The molecule has 0 saturated carbocycles. The molecule has 0 amide bonds. The van der Waals surface area contributed by atoms with Crippen LogP contribution in [0.25, 0.3) is 87.6 Å². The molecule has 0 saturated heterocycles. The van der Waals surface area contributed by atoms with Gasteiger partial charge < -0.3 is 4.42 Å². The molecule has 9 aromatic rings. The molecule has 1 nitrogen and oxygen atoms in total. The Morgan fingerprint density at radius 1 is 0.326 bits per heavy atom. The van der Waals surface area contributed by atoms with Gasteiger partial charge in [-0.25, -0.2) is 0 Å². The molecule has 0 atom stereocenters. The Balaban J connectivity index is 1.35. The van der Waals surface area contributed by atoms with Crippen molar-refractivity contribution in [2.75, 3.05) is 0 Å². The van der Waals surface area contributed by atoms with E-state index in [4.69, 9.17) is 4.42 Å². The van der Waals surface area contributed by atoms with Crippen molar-refractivity contribution in [3.05, 3.63) is 158 Å². The second kappa shape index (κ2) is 9.44. The van der Waals surface area contributed by atoms with Gasteiger partial charge in [0.25, 0.3) is 0 Å². The first kappa shape index (κ1) is 24.0. The second-order valence-corrected chi connectivity index (χ2v) is 11.3. The Kier molecular flexibility index (Phi) is 5.27. The Morgan fingerprint density at radius 2 is 0.930 bits per heavy atom. The summed E-state index contributed by atoms with van der Waals surface area (Å²) in [6.45, 7) is 0. The molecule has 1 heterocycles. The molecule has 0 aliphatic carbocycles. The molecule has 200 valence electrons. The summed E-state index contributed by atoms with van der Waals surface area (Å²) < 4.78 is 6.69. The largest absolute Gasteiger partial charge is 0.455 e. The van der Waals surface area contributed by atoms with E-state index in [1.807, 2.05) is 0 Å². The maximum absolute atomic E-state index is 6.69. The lowest BCUT2D eigenvalue weighted by atomic mass is 9.85. The molecule has 0 bridgehead atoms. The molecule has 43 heavy (non-hydrogen) atoms. The SMILES string of the molecule is c1ccc(-c2ccc3oc4c(-c5c6ccccc6c(-c6ccc7ccccc7c6)c6ccccc56)cccc4c3c2)cc1. The molecule has 0 N–H and O–H groups in total. The Bertz CT molecular complexity index is 2440. The molecule has 8 aromatic carbocycles. The molecule has 1 heteroatoms. The predicted molar refractivity (Wildman–Crippen MR) is 183 cm³/mol. The molecule has 0 unspecified atom stereocenters. The quantitative estimate of drug-likeness (QED) is 0.201. The summed E-state index contributed by atoms with van der Waals surface area (Å²) in [6, 6.07) is 56.7. The van der Waals surface area contributed by atoms with E-state index in [9.17, 15) is 0 Å². The van der Waals surface area contributed by atoms with Crippen LogP contribution in [0.5, 0.6) is 0 Å². The average molecular weight is 547 g/mol. The Hall–Kier alpha value is -5.66. The second-order valence-electron chi connectivity index (χ2n) is 11.3. The van der Waals surface area contributed by atoms with Gasteiger partial charge in [0.15, 0.2) is 0 Å². The highest BCUT2D eigenvalue weighted by molar-refractivity contribution is 6.24. The van der Waals surface area contributed by atoms with Crippen molar-refractivity contribution in [2.24, 2.45) is 0 Å². The van der Waals surface area contributed by atoms with Crippen molar-refractivity contribution in [3.63, 3.8) is 0 Å². The lowest BCUT2D eigenvalue weighted by Gasteiger charge is -2.18. The normalized spacial score (nSPS) is 11.7. The van der Waals surface area contributed by atoms with Crippen LogP contribution in [0.3, 0.4) is 0 Å². The third-order valence-corrected chi connectivity index (χ3v) is 8.84. The maximum Gasteiger partial charge on any atom is 0.143 e. The average Bonchev–Trinajstić information content (AvgIpc) is 3.46. The van der Waals surface area contributed by atoms with Gasteiger partial charge in [-0.15, -0.1) is 0 Å². The van der Waals surface area contributed by atoms with Crippen molar-refractivity contribution in [2.45, 2.75) is 0 Å². The van der Waals surface area contributed by atoms with Crippen LogP contribution >= 0.6 is 0 Å². The van der Waals surface area contributed by atoms with E-state index in [1.54, 1.807) is 0 Å². The van der Waals surface area contributed by atoms with Crippen molar-refractivity contribution in [3.8, 4) is 33.4 Å². The Labute approximate surface area is 249 Å². The molecular weight excluding hydrogens is 520 g/mol. The maximum atomic E-state index is 6.69. The molecule has 9 rings (SSSR count). The van der Waals surface area contributed by atoms with E-state index >= 15 is 0 Å². The van der Waals surface area contributed by atoms with Gasteiger partial charge in [-0.3, -0.25) is 0 Å². The highest BCUT2D eigenvalue weighted by atomic mass is 16.3. The van der Waals surface area contributed by atoms with E-state index < -0.39 is 0 Å². The van der Waals surface area contributed by atoms with Crippen molar-refractivity contribution in [1.82, 2.24) is 0 Å². The van der Waals surface area contributed by atoms with Gasteiger partial charge >= 0.3 is 0 Å². The minimum Gasteiger partial charge on any atom is -0.455 e. The van der Waals surface area contributed by atoms with Gasteiger partial charge in [0.05, 0.1) is 0 Å². The van der Waals surface area contributed by atoms with E-state index in [2.05, 4.69) is 158 Å². The number of hydrogen-bond acceptors (Lipinski definition) is 1. The van der Waals surface area contributed by atoms with Gasteiger partial charge in [0.2, 0.25) is 0 Å². The highest BCUT2D eigenvalue weighted by Gasteiger charge is 2.20. The number of fused-ring (bicyclic) bond motifs is 6. The third kappa shape index (κ3) is 3.72. The lowest BCUT2D eigenvalue weighted by Crippen LogP contribution is -1.91. The zero-order valence-corrected chi connectivity index (χ0v) is 23.4. The fourth-order valence-electron chi connectivity index (χ4n) is 6.88. The smallest absolute Gasteiger partial charge is 0.143 e. The standard InChI is InChI=1S/C42H26O/c1-2-11-27(12-3-1)30-23-24-39-38(26-30)36-19-10-20-37(42(36)43-39)41-34-17-8-6-15-32(34)40(33-16-7-9-18-35(33)41)31-22-21-28-13-4-5-14-29(28)25-31/h1-26H. The van der Waals surface area contributed by atoms with E-state index in [0.29, 0.717) is 0 Å². The Morgan fingerprint density at radius 3 is 1.67 bits per heavy atom. The van der Waals surface area contributed by atoms with E-state index in [1.165, 1.54) is 60.1 Å². The van der Waals surface area contributed by atoms with Gasteiger partial charge in [0.1, 0.15) is 11.2 Å². The molecule has 0 fully saturated rings. The summed E-state index contributed by atoms with van der Waals surface area (Å²) in [4.78, 5) is 0. The van der Waals surface area contributed by atoms with Crippen molar-refractivity contribution < 1.29 is 4.42 Å². The molecule has 0 aliphatic rings. The highest BCUT2D eigenvalue weighted by Crippen LogP contribution is 2.47. The molecule has 1 aromatic heterocycles. The zero-order valence-electron chi connectivity index (χ0n) is 23.4. The fourth-order valence-corrected chi connectivity index (χ4v) is 6.88. The summed E-state index contributed by atoms with van der Waals surface area (Å²) in [5, 5.41) is 9.71. The van der Waals surface area contributed by atoms with Gasteiger partial charge in [-0.1, -0.05) is 140 Å². The summed E-state index contributed by atoms with van der Waals surface area (Å²) in [6.07, 6.45) is 0. The van der Waals surface area contributed by atoms with Gasteiger partial charge in [-0.05, 0) is 72.8 Å². The minimum absolute atomic E-state index is 0.906. The van der Waals surface area contributed by atoms with Gasteiger partial charge in [-0.2, -0.15) is 0 Å². The summed E-state index contributed by atoms with van der Waals surface area (Å²) in [5.41, 5.74) is 9.06. The van der Waals surface area contributed by atoms with Crippen LogP contribution in [0.2, 0.25) is 0 Å². The van der Waals surface area contributed by atoms with Crippen LogP contribution in [0.1, 0.15) is 0 Å². The number of furan rings is 1. The van der Waals surface area contributed by atoms with Crippen LogP contribution in [0.15, 0.2) is 162 Å². The first-order chi connectivity index (χ1) is 21.3. The van der Waals surface area contributed by atoms with Crippen LogP contribution < -0.4 is 0 Å². The molecular formula is C42H26O. The first-order valence-electron chi connectivity index (χ1n) is 14.8. The van der Waals surface area contributed by atoms with Crippen LogP contribution in [0, 0.1) is 0 Å². The number of hydrogen-bond donors (Lipinski definition) is 0. The minimum atomic E-state index is 0.906. The predicted octanol–water partition coefficient (Wildman–Crippen LogP) is 12.0. The van der Waals surface area contributed by atoms with E-state index in [0.717, 1.165) is 27.5 Å². The molecule has 0 radical (unpaired) electrons. The summed E-state index contributed by atoms with van der Waals surface area (Å²) in [7, 11) is 0. The third-order valence-electron chi connectivity index (χ3n) is 8.84. The van der Waals surface area contributed by atoms with Crippen molar-refractivity contribution >= 4 is 54.3 Å². The number of benzene rings is 8. The van der Waals surface area contributed by atoms with Crippen LogP contribution in [0.4, 0.5) is 0 Å². The fraction of sp³-hybridized carbons (Fsp3) is 0. The first-order valence-corrected chi connectivity index (χ1v) is 14.8. The topological polar surface area (TPSA) is 13.1 Å². The monoisotopic (exact) mass is 546 g/mol. The lowest BCUT2D eigenvalue weighted by molar-refractivity contribution is 0.670. The van der Waals surface area contributed by atoms with Crippen molar-refractivity contribution in [1.29, 1.82) is 0 Å². The number of para-hydroxylation sites is 1. The zero-order chi connectivity index (χ0) is 28.3. The van der Waals surface area contributed by atoms with Crippen LogP contribution in [-0.4, -0.2) is 0 Å². The molecule has 0 aliphatic heterocycles. The van der Waals surface area contributed by atoms with Crippen LogP contribution in [-0.2, 0) is 0 Å². The summed E-state index contributed by atoms with van der Waals surface area (Å²) >= 11 is 0. The summed E-state index contributed by atoms with van der Waals surface area (Å²) in [5.74, 6) is 0. The van der Waals surface area contributed by atoms with E-state index in [-0.39, 0.29) is 0 Å². The number of rotatable bonds is 3. The van der Waals surface area contributed by atoms with Gasteiger partial charge in [0, 0.05) is 21.9 Å². The molecule has 0 spiro atoms.